The van der Waals surface area contributed by atoms with Crippen LogP contribution in [0, 0.1) is 0 Å². The van der Waals surface area contributed by atoms with Crippen LogP contribution in [-0.4, -0.2) is 44.5 Å². The third-order valence-electron chi connectivity index (χ3n) is 5.49. The van der Waals surface area contributed by atoms with E-state index in [2.05, 4.69) is 56.8 Å². The van der Waals surface area contributed by atoms with Gasteiger partial charge in [-0.15, -0.1) is 0 Å². The molecule has 0 aliphatic carbocycles. The molecule has 0 bridgehead atoms. The lowest BCUT2D eigenvalue weighted by Crippen LogP contribution is -2.35. The Bertz CT molecular complexity index is 900. The van der Waals surface area contributed by atoms with Gasteiger partial charge in [-0.25, -0.2) is 4.98 Å². The van der Waals surface area contributed by atoms with Gasteiger partial charge in [-0.2, -0.15) is 0 Å². The van der Waals surface area contributed by atoms with Gasteiger partial charge < -0.3 is 15.3 Å². The summed E-state index contributed by atoms with van der Waals surface area (Å²) in [5.74, 6) is 0.514. The smallest absolute Gasteiger partial charge is 0.268 e. The number of carbonyl (C=O) groups is 1. The van der Waals surface area contributed by atoms with Crippen LogP contribution in [0.15, 0.2) is 36.7 Å². The molecule has 1 atom stereocenters. The van der Waals surface area contributed by atoms with Crippen LogP contribution in [0.2, 0.25) is 0 Å². The molecular formula is C20H25N5O. The number of aromatic nitrogens is 3. The standard InChI is InChI=1S/C20H25N5O/c1-14(6-7-15-12-22-17-5-3-2-4-16(15)17)24-9-8-19-23-18(20(21)26)13-25(19)11-10-24/h2-5,12-14,22H,6-11H2,1H3,(H2,21,26). The molecule has 0 spiro atoms. The van der Waals surface area contributed by atoms with E-state index in [0.29, 0.717) is 11.7 Å². The van der Waals surface area contributed by atoms with Gasteiger partial charge in [-0.3, -0.25) is 9.69 Å². The van der Waals surface area contributed by atoms with Crippen LogP contribution < -0.4 is 5.73 Å². The van der Waals surface area contributed by atoms with Crippen LogP contribution in [0.25, 0.3) is 10.9 Å². The van der Waals surface area contributed by atoms with Crippen molar-refractivity contribution >= 4 is 16.8 Å². The molecule has 2 aromatic heterocycles. The SMILES string of the molecule is CC(CCc1c[nH]c2ccccc12)N1CCc2nc(C(N)=O)cn2CC1. The Morgan fingerprint density at radius 3 is 3.00 bits per heavy atom. The average Bonchev–Trinajstić information content (AvgIpc) is 3.19. The summed E-state index contributed by atoms with van der Waals surface area (Å²) in [6.07, 6.45) is 6.97. The molecule has 1 aliphatic heterocycles. The number of hydrogen-bond donors (Lipinski definition) is 2. The second kappa shape index (κ2) is 6.96. The highest BCUT2D eigenvalue weighted by Crippen LogP contribution is 2.21. The van der Waals surface area contributed by atoms with Gasteiger partial charge in [0.2, 0.25) is 0 Å². The number of primary amides is 1. The number of fused-ring (bicyclic) bond motifs is 2. The molecule has 3 heterocycles. The second-order valence-electron chi connectivity index (χ2n) is 7.13. The lowest BCUT2D eigenvalue weighted by Gasteiger charge is -2.27. The topological polar surface area (TPSA) is 79.9 Å². The number of benzene rings is 1. The summed E-state index contributed by atoms with van der Waals surface area (Å²) in [5.41, 5.74) is 8.31. The van der Waals surface area contributed by atoms with Crippen molar-refractivity contribution in [3.63, 3.8) is 0 Å². The lowest BCUT2D eigenvalue weighted by atomic mass is 10.0. The van der Waals surface area contributed by atoms with Crippen molar-refractivity contribution in [1.29, 1.82) is 0 Å². The zero-order valence-electron chi connectivity index (χ0n) is 15.1. The third kappa shape index (κ3) is 3.24. The Hall–Kier alpha value is -2.60. The maximum absolute atomic E-state index is 11.3. The first-order valence-corrected chi connectivity index (χ1v) is 9.26. The molecule has 0 fully saturated rings. The summed E-state index contributed by atoms with van der Waals surface area (Å²) in [5, 5.41) is 1.33. The maximum atomic E-state index is 11.3. The summed E-state index contributed by atoms with van der Waals surface area (Å²) >= 11 is 0. The number of aryl methyl sites for hydroxylation is 1. The Labute approximate surface area is 153 Å². The molecule has 6 heteroatoms. The monoisotopic (exact) mass is 351 g/mol. The molecule has 0 radical (unpaired) electrons. The molecule has 26 heavy (non-hydrogen) atoms. The fourth-order valence-electron chi connectivity index (χ4n) is 3.88. The summed E-state index contributed by atoms with van der Waals surface area (Å²) in [4.78, 5) is 21.6. The highest BCUT2D eigenvalue weighted by molar-refractivity contribution is 5.90. The number of nitrogens with zero attached hydrogens (tertiary/aromatic N) is 3. The van der Waals surface area contributed by atoms with E-state index in [4.69, 9.17) is 5.73 Å². The van der Waals surface area contributed by atoms with Crippen molar-refractivity contribution in [3.8, 4) is 0 Å². The van der Waals surface area contributed by atoms with E-state index in [1.54, 1.807) is 6.20 Å². The number of hydrogen-bond acceptors (Lipinski definition) is 3. The predicted octanol–water partition coefficient (Wildman–Crippen LogP) is 2.34. The van der Waals surface area contributed by atoms with Gasteiger partial charge in [0.15, 0.2) is 0 Å². The summed E-state index contributed by atoms with van der Waals surface area (Å²) in [6.45, 7) is 5.09. The van der Waals surface area contributed by atoms with Crippen molar-refractivity contribution in [1.82, 2.24) is 19.4 Å². The van der Waals surface area contributed by atoms with Gasteiger partial charge in [0.05, 0.1) is 0 Å². The molecule has 1 unspecified atom stereocenters. The van der Waals surface area contributed by atoms with E-state index in [1.165, 1.54) is 16.5 Å². The van der Waals surface area contributed by atoms with Gasteiger partial charge >= 0.3 is 0 Å². The van der Waals surface area contributed by atoms with Crippen LogP contribution in [0.3, 0.4) is 0 Å². The molecular weight excluding hydrogens is 326 g/mol. The first kappa shape index (κ1) is 16.8. The summed E-state index contributed by atoms with van der Waals surface area (Å²) in [6, 6.07) is 8.98. The fraction of sp³-hybridized carbons (Fsp3) is 0.400. The summed E-state index contributed by atoms with van der Waals surface area (Å²) < 4.78 is 2.08. The van der Waals surface area contributed by atoms with Crippen molar-refractivity contribution in [2.45, 2.75) is 38.8 Å². The largest absolute Gasteiger partial charge is 0.364 e. The van der Waals surface area contributed by atoms with Crippen LogP contribution >= 0.6 is 0 Å². The minimum atomic E-state index is -0.450. The number of nitrogens with two attached hydrogens (primary N) is 1. The molecule has 1 amide bonds. The number of carbonyl (C=O) groups excluding carboxylic acids is 1. The number of aromatic amines is 1. The van der Waals surface area contributed by atoms with E-state index in [-0.39, 0.29) is 0 Å². The van der Waals surface area contributed by atoms with Crippen molar-refractivity contribution in [2.75, 3.05) is 13.1 Å². The minimum absolute atomic E-state index is 0.376. The molecule has 136 valence electrons. The maximum Gasteiger partial charge on any atom is 0.268 e. The Kier molecular flexibility index (Phi) is 4.51. The molecule has 0 saturated heterocycles. The average molecular weight is 351 g/mol. The quantitative estimate of drug-likeness (QED) is 0.740. The summed E-state index contributed by atoms with van der Waals surface area (Å²) in [7, 11) is 0. The number of nitrogens with one attached hydrogen (secondary N) is 1. The molecule has 4 rings (SSSR count). The molecule has 1 aromatic carbocycles. The first-order valence-electron chi connectivity index (χ1n) is 9.26. The van der Waals surface area contributed by atoms with Crippen molar-refractivity contribution in [3.05, 3.63) is 53.7 Å². The molecule has 1 aliphatic rings. The van der Waals surface area contributed by atoms with Crippen LogP contribution in [0.4, 0.5) is 0 Å². The van der Waals surface area contributed by atoms with E-state index in [1.807, 2.05) is 0 Å². The first-order chi connectivity index (χ1) is 12.6. The molecule has 3 N–H and O–H groups in total. The van der Waals surface area contributed by atoms with Crippen LogP contribution in [0.1, 0.15) is 35.2 Å². The number of imidazole rings is 1. The second-order valence-corrected chi connectivity index (χ2v) is 7.13. The lowest BCUT2D eigenvalue weighted by molar-refractivity contribution is 0.0995. The highest BCUT2D eigenvalue weighted by Gasteiger charge is 2.21. The van der Waals surface area contributed by atoms with Gasteiger partial charge in [-0.1, -0.05) is 18.2 Å². The number of H-pyrrole nitrogens is 1. The Morgan fingerprint density at radius 2 is 2.15 bits per heavy atom. The van der Waals surface area contributed by atoms with Gasteiger partial charge in [-0.05, 0) is 31.4 Å². The van der Waals surface area contributed by atoms with E-state index >= 15 is 0 Å². The number of amides is 1. The highest BCUT2D eigenvalue weighted by atomic mass is 16.1. The predicted molar refractivity (Wildman–Crippen MR) is 102 cm³/mol. The minimum Gasteiger partial charge on any atom is -0.364 e. The molecule has 0 saturated carbocycles. The number of para-hydroxylation sites is 1. The Morgan fingerprint density at radius 1 is 1.31 bits per heavy atom. The van der Waals surface area contributed by atoms with Gasteiger partial charge in [0, 0.05) is 55.4 Å². The van der Waals surface area contributed by atoms with Crippen LogP contribution in [-0.2, 0) is 19.4 Å². The van der Waals surface area contributed by atoms with E-state index < -0.39 is 5.91 Å². The molecule has 6 nitrogen and oxygen atoms in total. The van der Waals surface area contributed by atoms with Crippen molar-refractivity contribution in [2.24, 2.45) is 5.73 Å². The van der Waals surface area contributed by atoms with Crippen LogP contribution in [0.5, 0.6) is 0 Å². The fourth-order valence-corrected chi connectivity index (χ4v) is 3.88. The third-order valence-corrected chi connectivity index (χ3v) is 5.49. The van der Waals surface area contributed by atoms with Crippen molar-refractivity contribution < 1.29 is 4.79 Å². The van der Waals surface area contributed by atoms with E-state index in [9.17, 15) is 4.79 Å². The normalized spacial score (nSPS) is 16.3. The Balaban J connectivity index is 1.37. The van der Waals surface area contributed by atoms with E-state index in [0.717, 1.165) is 44.7 Å². The zero-order chi connectivity index (χ0) is 18.1. The van der Waals surface area contributed by atoms with Gasteiger partial charge in [0.25, 0.3) is 5.91 Å². The zero-order valence-corrected chi connectivity index (χ0v) is 15.1. The molecule has 3 aromatic rings. The van der Waals surface area contributed by atoms with Gasteiger partial charge in [0.1, 0.15) is 11.5 Å². The number of rotatable bonds is 5.